The summed E-state index contributed by atoms with van der Waals surface area (Å²) in [6, 6.07) is 12.1. The molecule has 114 valence electrons. The molecule has 22 heavy (non-hydrogen) atoms. The van der Waals surface area contributed by atoms with Crippen LogP contribution in [0.5, 0.6) is 5.75 Å². The molecular weight excluding hydrogens is 274 g/mol. The molecule has 0 bridgehead atoms. The number of nitrogens with two attached hydrogens (primary N) is 1. The third-order valence-corrected chi connectivity index (χ3v) is 4.17. The number of imidazole rings is 1. The lowest BCUT2D eigenvalue weighted by Gasteiger charge is -2.14. The van der Waals surface area contributed by atoms with E-state index in [4.69, 9.17) is 10.5 Å². The normalized spacial score (nSPS) is 12.5. The molecule has 0 aliphatic rings. The van der Waals surface area contributed by atoms with Gasteiger partial charge in [0.2, 0.25) is 0 Å². The molecule has 0 fully saturated rings. The van der Waals surface area contributed by atoms with Crippen LogP contribution in [0.3, 0.4) is 0 Å². The van der Waals surface area contributed by atoms with E-state index in [1.807, 2.05) is 30.6 Å². The standard InChI is InChI=1S/C18H21N3O/c1-12-8-17-18(9-13(12)2)21(11-20-17)10-16(19)14-4-6-15(22-3)7-5-14/h4-9,11,16H,10,19H2,1-3H3. The van der Waals surface area contributed by atoms with Crippen molar-refractivity contribution < 1.29 is 4.74 Å². The zero-order valence-electron chi connectivity index (χ0n) is 13.2. The summed E-state index contributed by atoms with van der Waals surface area (Å²) in [4.78, 5) is 4.48. The van der Waals surface area contributed by atoms with E-state index >= 15 is 0 Å². The molecule has 3 rings (SSSR count). The van der Waals surface area contributed by atoms with Crippen LogP contribution in [0.25, 0.3) is 11.0 Å². The molecule has 0 saturated heterocycles. The lowest BCUT2D eigenvalue weighted by molar-refractivity contribution is 0.414. The minimum absolute atomic E-state index is 0.0788. The van der Waals surface area contributed by atoms with Gasteiger partial charge in [0, 0.05) is 12.6 Å². The molecule has 0 amide bonds. The van der Waals surface area contributed by atoms with Crippen molar-refractivity contribution in [3.05, 3.63) is 59.4 Å². The monoisotopic (exact) mass is 295 g/mol. The Balaban J connectivity index is 1.87. The maximum absolute atomic E-state index is 6.35. The Bertz CT molecular complexity index is 790. The smallest absolute Gasteiger partial charge is 0.118 e. The van der Waals surface area contributed by atoms with E-state index in [1.54, 1.807) is 7.11 Å². The van der Waals surface area contributed by atoms with Gasteiger partial charge in [-0.05, 0) is 54.8 Å². The molecule has 1 atom stereocenters. The summed E-state index contributed by atoms with van der Waals surface area (Å²) < 4.78 is 7.30. The molecule has 0 aliphatic heterocycles. The van der Waals surface area contributed by atoms with Crippen molar-refractivity contribution in [3.63, 3.8) is 0 Å². The van der Waals surface area contributed by atoms with Gasteiger partial charge in [-0.2, -0.15) is 0 Å². The SMILES string of the molecule is COc1ccc(C(N)Cn2cnc3cc(C)c(C)cc32)cc1. The van der Waals surface area contributed by atoms with Gasteiger partial charge in [0.05, 0.1) is 24.5 Å². The van der Waals surface area contributed by atoms with Crippen molar-refractivity contribution in [1.82, 2.24) is 9.55 Å². The highest BCUT2D eigenvalue weighted by molar-refractivity contribution is 5.77. The number of benzene rings is 2. The number of aryl methyl sites for hydroxylation is 2. The zero-order chi connectivity index (χ0) is 15.7. The predicted octanol–water partition coefficient (Wildman–Crippen LogP) is 3.36. The van der Waals surface area contributed by atoms with Crippen molar-refractivity contribution in [2.75, 3.05) is 7.11 Å². The number of hydrogen-bond donors (Lipinski definition) is 1. The summed E-state index contributed by atoms with van der Waals surface area (Å²) in [5.41, 5.74) is 12.1. The Labute approximate surface area is 130 Å². The van der Waals surface area contributed by atoms with Gasteiger partial charge in [-0.1, -0.05) is 12.1 Å². The van der Waals surface area contributed by atoms with Crippen molar-refractivity contribution in [3.8, 4) is 5.75 Å². The quantitative estimate of drug-likeness (QED) is 0.803. The number of ether oxygens (including phenoxy) is 1. The Morgan fingerprint density at radius 1 is 1.14 bits per heavy atom. The van der Waals surface area contributed by atoms with Gasteiger partial charge in [-0.15, -0.1) is 0 Å². The van der Waals surface area contributed by atoms with Crippen LogP contribution in [-0.4, -0.2) is 16.7 Å². The number of methoxy groups -OCH3 is 1. The minimum atomic E-state index is -0.0788. The molecule has 3 aromatic rings. The Morgan fingerprint density at radius 2 is 1.82 bits per heavy atom. The lowest BCUT2D eigenvalue weighted by Crippen LogP contribution is -2.17. The van der Waals surface area contributed by atoms with Crippen LogP contribution >= 0.6 is 0 Å². The molecule has 4 nitrogen and oxygen atoms in total. The van der Waals surface area contributed by atoms with E-state index in [1.165, 1.54) is 11.1 Å². The summed E-state index contributed by atoms with van der Waals surface area (Å²) in [5, 5.41) is 0. The zero-order valence-corrected chi connectivity index (χ0v) is 13.2. The third kappa shape index (κ3) is 2.70. The lowest BCUT2D eigenvalue weighted by atomic mass is 10.1. The van der Waals surface area contributed by atoms with Crippen LogP contribution in [0.15, 0.2) is 42.7 Å². The van der Waals surface area contributed by atoms with Gasteiger partial charge in [0.25, 0.3) is 0 Å². The number of hydrogen-bond acceptors (Lipinski definition) is 3. The molecule has 0 radical (unpaired) electrons. The Hall–Kier alpha value is -2.33. The summed E-state index contributed by atoms with van der Waals surface area (Å²) in [5.74, 6) is 0.843. The first kappa shape index (κ1) is 14.6. The highest BCUT2D eigenvalue weighted by atomic mass is 16.5. The fourth-order valence-electron chi connectivity index (χ4n) is 2.63. The maximum atomic E-state index is 6.35. The van der Waals surface area contributed by atoms with Crippen molar-refractivity contribution >= 4 is 11.0 Å². The molecule has 2 N–H and O–H groups in total. The molecule has 2 aromatic carbocycles. The van der Waals surface area contributed by atoms with Crippen LogP contribution in [0.2, 0.25) is 0 Å². The van der Waals surface area contributed by atoms with Crippen LogP contribution < -0.4 is 10.5 Å². The van der Waals surface area contributed by atoms with Crippen LogP contribution in [-0.2, 0) is 6.54 Å². The summed E-state index contributed by atoms with van der Waals surface area (Å²) in [6.45, 7) is 4.93. The fourth-order valence-corrected chi connectivity index (χ4v) is 2.63. The summed E-state index contributed by atoms with van der Waals surface area (Å²) in [7, 11) is 1.66. The Kier molecular flexibility index (Phi) is 3.86. The second kappa shape index (κ2) is 5.81. The van der Waals surface area contributed by atoms with E-state index in [0.29, 0.717) is 6.54 Å². The van der Waals surface area contributed by atoms with E-state index in [2.05, 4.69) is 35.5 Å². The first-order chi connectivity index (χ1) is 10.6. The van der Waals surface area contributed by atoms with E-state index in [9.17, 15) is 0 Å². The van der Waals surface area contributed by atoms with Crippen LogP contribution in [0.4, 0.5) is 0 Å². The van der Waals surface area contributed by atoms with Gasteiger partial charge in [0.15, 0.2) is 0 Å². The average molecular weight is 295 g/mol. The first-order valence-electron chi connectivity index (χ1n) is 7.40. The van der Waals surface area contributed by atoms with Gasteiger partial charge in [0.1, 0.15) is 5.75 Å². The Morgan fingerprint density at radius 3 is 2.50 bits per heavy atom. The molecule has 0 saturated carbocycles. The van der Waals surface area contributed by atoms with Gasteiger partial charge in [-0.3, -0.25) is 0 Å². The second-order valence-corrected chi connectivity index (χ2v) is 5.70. The summed E-state index contributed by atoms with van der Waals surface area (Å²) >= 11 is 0. The van der Waals surface area contributed by atoms with Crippen molar-refractivity contribution in [2.45, 2.75) is 26.4 Å². The molecule has 1 aromatic heterocycles. The molecule has 0 aliphatic carbocycles. The molecular formula is C18H21N3O. The number of aromatic nitrogens is 2. The molecule has 1 heterocycles. The fraction of sp³-hybridized carbons (Fsp3) is 0.278. The van der Waals surface area contributed by atoms with Gasteiger partial charge < -0.3 is 15.0 Å². The highest BCUT2D eigenvalue weighted by Gasteiger charge is 2.10. The maximum Gasteiger partial charge on any atom is 0.118 e. The van der Waals surface area contributed by atoms with Crippen LogP contribution in [0.1, 0.15) is 22.7 Å². The minimum Gasteiger partial charge on any atom is -0.497 e. The largest absolute Gasteiger partial charge is 0.497 e. The van der Waals surface area contributed by atoms with Crippen molar-refractivity contribution in [1.29, 1.82) is 0 Å². The number of rotatable bonds is 4. The molecule has 1 unspecified atom stereocenters. The van der Waals surface area contributed by atoms with Gasteiger partial charge >= 0.3 is 0 Å². The average Bonchev–Trinajstić information content (AvgIpc) is 2.90. The predicted molar refractivity (Wildman–Crippen MR) is 89.1 cm³/mol. The highest BCUT2D eigenvalue weighted by Crippen LogP contribution is 2.22. The van der Waals surface area contributed by atoms with Gasteiger partial charge in [-0.25, -0.2) is 4.98 Å². The third-order valence-electron chi connectivity index (χ3n) is 4.17. The number of fused-ring (bicyclic) bond motifs is 1. The first-order valence-corrected chi connectivity index (χ1v) is 7.40. The van der Waals surface area contributed by atoms with E-state index in [0.717, 1.165) is 22.3 Å². The topological polar surface area (TPSA) is 53.1 Å². The number of nitrogens with zero attached hydrogens (tertiary/aromatic N) is 2. The van der Waals surface area contributed by atoms with Crippen molar-refractivity contribution in [2.24, 2.45) is 5.73 Å². The van der Waals surface area contributed by atoms with E-state index < -0.39 is 0 Å². The second-order valence-electron chi connectivity index (χ2n) is 5.70. The summed E-state index contributed by atoms with van der Waals surface area (Å²) in [6.07, 6.45) is 1.87. The molecule has 0 spiro atoms. The van der Waals surface area contributed by atoms with Crippen LogP contribution in [0, 0.1) is 13.8 Å². The molecule has 4 heteroatoms. The van der Waals surface area contributed by atoms with E-state index in [-0.39, 0.29) is 6.04 Å².